The van der Waals surface area contributed by atoms with E-state index in [1.54, 1.807) is 0 Å². The maximum absolute atomic E-state index is 10.3. The van der Waals surface area contributed by atoms with Gasteiger partial charge in [-0.3, -0.25) is 14.4 Å². The summed E-state index contributed by atoms with van der Waals surface area (Å²) in [4.78, 5) is 60.3. The number of carbonyl (C=O) groups excluding carboxylic acids is 3. The van der Waals surface area contributed by atoms with Gasteiger partial charge in [0.2, 0.25) is 0 Å². The molecule has 0 aromatic rings. The van der Waals surface area contributed by atoms with Crippen LogP contribution < -0.4 is 0 Å². The summed E-state index contributed by atoms with van der Waals surface area (Å²) in [5.74, 6) is -4.69. The van der Waals surface area contributed by atoms with Crippen LogP contribution in [0.3, 0.4) is 0 Å². The Hall–Kier alpha value is -4.08. The standard InChI is InChI=1S/3C6H8O4.C6H14O3/c3*1-2-6(9)10-4-3-5(7)8;7-3-1-6(5-9)2-4-8/h3*2H,1,3-4H2,(H,7,8);6-9H,1-5H2. The zero-order chi connectivity index (χ0) is 31.1. The molecule has 0 fully saturated rings. The number of rotatable bonds is 17. The van der Waals surface area contributed by atoms with E-state index in [1.807, 2.05) is 0 Å². The van der Waals surface area contributed by atoms with E-state index in [4.69, 9.17) is 30.6 Å². The second-order valence-electron chi connectivity index (χ2n) is 6.62. The number of carboxylic acids is 3. The summed E-state index contributed by atoms with van der Waals surface area (Å²) in [6.45, 7) is 9.35. The van der Waals surface area contributed by atoms with Crippen LogP contribution in [0.25, 0.3) is 0 Å². The van der Waals surface area contributed by atoms with Crippen LogP contribution in [0.1, 0.15) is 32.1 Å². The van der Waals surface area contributed by atoms with Gasteiger partial charge in [-0.05, 0) is 18.8 Å². The second kappa shape index (κ2) is 31.9. The number of aliphatic carboxylic acids is 3. The molecule has 15 heteroatoms. The normalized spacial score (nSPS) is 8.92. The molecule has 0 aliphatic heterocycles. The van der Waals surface area contributed by atoms with Crippen molar-refractivity contribution >= 4 is 35.8 Å². The Labute approximate surface area is 225 Å². The monoisotopic (exact) mass is 566 g/mol. The predicted octanol–water partition coefficient (Wildman–Crippen LogP) is -0.0694. The van der Waals surface area contributed by atoms with E-state index in [0.717, 1.165) is 18.2 Å². The van der Waals surface area contributed by atoms with Gasteiger partial charge in [-0.15, -0.1) is 0 Å². The molecule has 0 rings (SSSR count). The lowest BCUT2D eigenvalue weighted by Crippen LogP contribution is -2.09. The van der Waals surface area contributed by atoms with Crippen molar-refractivity contribution in [1.82, 2.24) is 0 Å². The van der Waals surface area contributed by atoms with Gasteiger partial charge in [0.05, 0.1) is 19.3 Å². The number of esters is 3. The molecule has 0 radical (unpaired) electrons. The Balaban J connectivity index is -0.000000210. The largest absolute Gasteiger partial charge is 0.481 e. The van der Waals surface area contributed by atoms with E-state index in [0.29, 0.717) is 12.8 Å². The van der Waals surface area contributed by atoms with Crippen molar-refractivity contribution in [1.29, 1.82) is 0 Å². The third kappa shape index (κ3) is 44.3. The van der Waals surface area contributed by atoms with Gasteiger partial charge >= 0.3 is 35.8 Å². The number of hydrogen-bond donors (Lipinski definition) is 6. The van der Waals surface area contributed by atoms with Gasteiger partial charge in [0.25, 0.3) is 0 Å². The Morgan fingerprint density at radius 3 is 0.974 bits per heavy atom. The SMILES string of the molecule is C=CC(=O)OCCC(=O)O.C=CC(=O)OCCC(=O)O.C=CC(=O)OCCC(=O)O.OCCC(CO)CCO. The highest BCUT2D eigenvalue weighted by atomic mass is 16.5. The van der Waals surface area contributed by atoms with Gasteiger partial charge in [0, 0.05) is 38.0 Å². The average molecular weight is 567 g/mol. The first kappa shape index (κ1) is 42.0. The highest BCUT2D eigenvalue weighted by Crippen LogP contribution is 2.04. The number of ether oxygens (including phenoxy) is 3. The zero-order valence-electron chi connectivity index (χ0n) is 21.6. The fourth-order valence-corrected chi connectivity index (χ4v) is 1.59. The van der Waals surface area contributed by atoms with E-state index in [9.17, 15) is 28.8 Å². The Morgan fingerprint density at radius 1 is 0.564 bits per heavy atom. The van der Waals surface area contributed by atoms with Crippen LogP contribution in [0.5, 0.6) is 0 Å². The summed E-state index contributed by atoms with van der Waals surface area (Å²) in [5.41, 5.74) is 0. The third-order valence-corrected chi connectivity index (χ3v) is 3.51. The summed E-state index contributed by atoms with van der Waals surface area (Å²) in [6.07, 6.45) is 3.62. The Morgan fingerprint density at radius 2 is 0.821 bits per heavy atom. The summed E-state index contributed by atoms with van der Waals surface area (Å²) in [6, 6.07) is 0. The van der Waals surface area contributed by atoms with E-state index in [-0.39, 0.29) is 64.8 Å². The number of aliphatic hydroxyl groups is 3. The lowest BCUT2D eigenvalue weighted by Gasteiger charge is -2.08. The molecule has 0 spiro atoms. The van der Waals surface area contributed by atoms with E-state index in [1.165, 1.54) is 0 Å². The minimum absolute atomic E-state index is 0.0567. The molecule has 0 heterocycles. The maximum Gasteiger partial charge on any atom is 0.330 e. The van der Waals surface area contributed by atoms with Crippen LogP contribution in [0.15, 0.2) is 38.0 Å². The van der Waals surface area contributed by atoms with E-state index in [2.05, 4.69) is 33.9 Å². The number of carboxylic acid groups (broad SMARTS) is 3. The molecule has 0 saturated heterocycles. The molecule has 0 bridgehead atoms. The van der Waals surface area contributed by atoms with Gasteiger partial charge in [-0.1, -0.05) is 19.7 Å². The summed E-state index contributed by atoms with van der Waals surface area (Å²) in [5, 5.41) is 49.6. The molecule has 6 N–H and O–H groups in total. The highest BCUT2D eigenvalue weighted by Gasteiger charge is 2.04. The van der Waals surface area contributed by atoms with Crippen molar-refractivity contribution < 1.29 is 73.6 Å². The summed E-state index contributed by atoms with van der Waals surface area (Å²) < 4.78 is 13.1. The fraction of sp³-hybridized carbons (Fsp3) is 0.500. The molecule has 0 aromatic carbocycles. The number of carbonyl (C=O) groups is 6. The fourth-order valence-electron chi connectivity index (χ4n) is 1.59. The van der Waals surface area contributed by atoms with Gasteiger partial charge in [-0.2, -0.15) is 0 Å². The van der Waals surface area contributed by atoms with Crippen LogP contribution in [0.2, 0.25) is 0 Å². The molecule has 0 amide bonds. The first-order chi connectivity index (χ1) is 18.3. The second-order valence-corrected chi connectivity index (χ2v) is 6.62. The molecule has 0 atom stereocenters. The van der Waals surface area contributed by atoms with Crippen LogP contribution in [-0.2, 0) is 43.0 Å². The van der Waals surface area contributed by atoms with Gasteiger partial charge in [0.15, 0.2) is 0 Å². The minimum Gasteiger partial charge on any atom is -0.481 e. The van der Waals surface area contributed by atoms with Crippen molar-refractivity contribution in [2.75, 3.05) is 39.6 Å². The molecule has 0 aromatic heterocycles. The molecule has 0 saturated carbocycles. The first-order valence-electron chi connectivity index (χ1n) is 11.2. The summed E-state index contributed by atoms with van der Waals surface area (Å²) >= 11 is 0. The van der Waals surface area contributed by atoms with Crippen LogP contribution in [0, 0.1) is 5.92 Å². The van der Waals surface area contributed by atoms with E-state index >= 15 is 0 Å². The lowest BCUT2D eigenvalue weighted by atomic mass is 10.0. The van der Waals surface area contributed by atoms with Crippen LogP contribution in [-0.4, -0.2) is 106 Å². The molecular formula is C24H38O15. The number of hydrogen-bond acceptors (Lipinski definition) is 12. The Kier molecular flexibility index (Phi) is 34.4. The maximum atomic E-state index is 10.3. The summed E-state index contributed by atoms with van der Waals surface area (Å²) in [7, 11) is 0. The van der Waals surface area contributed by atoms with E-state index < -0.39 is 35.8 Å². The number of aliphatic hydroxyl groups excluding tert-OH is 3. The Bertz CT molecular complexity index is 654. The quantitative estimate of drug-likeness (QED) is 0.0765. The minimum atomic E-state index is -0.989. The highest BCUT2D eigenvalue weighted by molar-refractivity contribution is 5.82. The first-order valence-corrected chi connectivity index (χ1v) is 11.2. The molecule has 0 aliphatic carbocycles. The van der Waals surface area contributed by atoms with Gasteiger partial charge < -0.3 is 44.8 Å². The molecule has 0 unspecified atom stereocenters. The van der Waals surface area contributed by atoms with Crippen LogP contribution >= 0.6 is 0 Å². The lowest BCUT2D eigenvalue weighted by molar-refractivity contribution is -0.144. The van der Waals surface area contributed by atoms with Crippen molar-refractivity contribution in [3.63, 3.8) is 0 Å². The third-order valence-electron chi connectivity index (χ3n) is 3.51. The molecule has 0 aliphatic rings. The van der Waals surface area contributed by atoms with Crippen molar-refractivity contribution in [2.24, 2.45) is 5.92 Å². The smallest absolute Gasteiger partial charge is 0.330 e. The average Bonchev–Trinajstić information content (AvgIpc) is 2.88. The molecule has 224 valence electrons. The van der Waals surface area contributed by atoms with Gasteiger partial charge in [-0.25, -0.2) is 14.4 Å². The van der Waals surface area contributed by atoms with Crippen molar-refractivity contribution in [3.8, 4) is 0 Å². The predicted molar refractivity (Wildman–Crippen MR) is 134 cm³/mol. The molecule has 15 nitrogen and oxygen atoms in total. The zero-order valence-corrected chi connectivity index (χ0v) is 21.6. The molecular weight excluding hydrogens is 528 g/mol. The topological polar surface area (TPSA) is 251 Å². The van der Waals surface area contributed by atoms with Crippen molar-refractivity contribution in [2.45, 2.75) is 32.1 Å². The molecule has 39 heavy (non-hydrogen) atoms. The van der Waals surface area contributed by atoms with Gasteiger partial charge in [0.1, 0.15) is 19.8 Å². The van der Waals surface area contributed by atoms with Crippen molar-refractivity contribution in [3.05, 3.63) is 38.0 Å². The van der Waals surface area contributed by atoms with Crippen LogP contribution in [0.4, 0.5) is 0 Å².